The first-order valence-corrected chi connectivity index (χ1v) is 6.59. The molecule has 0 aromatic carbocycles. The first-order chi connectivity index (χ1) is 8.66. The monoisotopic (exact) mass is 250 g/mol. The van der Waals surface area contributed by atoms with Gasteiger partial charge in [0.2, 0.25) is 5.88 Å². The summed E-state index contributed by atoms with van der Waals surface area (Å²) in [5, 5.41) is 3.37. The first kappa shape index (κ1) is 13.1. The smallest absolute Gasteiger partial charge is 0.234 e. The minimum Gasteiger partial charge on any atom is -0.476 e. The van der Waals surface area contributed by atoms with E-state index < -0.39 is 0 Å². The van der Waals surface area contributed by atoms with Gasteiger partial charge in [-0.25, -0.2) is 0 Å². The Kier molecular flexibility index (Phi) is 4.36. The van der Waals surface area contributed by atoms with E-state index in [-0.39, 0.29) is 0 Å². The summed E-state index contributed by atoms with van der Waals surface area (Å²) in [4.78, 5) is 11.0. The average Bonchev–Trinajstić information content (AvgIpc) is 2.37. The molecule has 100 valence electrons. The minimum atomic E-state index is 0.438. The third-order valence-electron chi connectivity index (χ3n) is 2.96. The molecule has 0 spiro atoms. The van der Waals surface area contributed by atoms with Gasteiger partial charge in [-0.1, -0.05) is 13.8 Å². The van der Waals surface area contributed by atoms with Crippen LogP contribution in [0.15, 0.2) is 12.4 Å². The highest BCUT2D eigenvalue weighted by Gasteiger charge is 2.19. The third kappa shape index (κ3) is 3.32. The Morgan fingerprint density at radius 3 is 3.06 bits per heavy atom. The largest absolute Gasteiger partial charge is 0.476 e. The van der Waals surface area contributed by atoms with Gasteiger partial charge >= 0.3 is 0 Å². The number of nitrogens with one attached hydrogen (secondary N) is 1. The van der Waals surface area contributed by atoms with E-state index in [2.05, 4.69) is 41.0 Å². The van der Waals surface area contributed by atoms with E-state index in [1.165, 1.54) is 0 Å². The van der Waals surface area contributed by atoms with Gasteiger partial charge in [0.05, 0.1) is 19.0 Å². The number of rotatable bonds is 4. The Morgan fingerprint density at radius 2 is 2.33 bits per heavy atom. The number of aromatic nitrogens is 2. The lowest BCUT2D eigenvalue weighted by Crippen LogP contribution is -2.50. The minimum absolute atomic E-state index is 0.438. The second kappa shape index (κ2) is 6.00. The molecule has 2 heterocycles. The van der Waals surface area contributed by atoms with Gasteiger partial charge in [0, 0.05) is 25.7 Å². The summed E-state index contributed by atoms with van der Waals surface area (Å²) in [6, 6.07) is 0.438. The molecule has 0 unspecified atom stereocenters. The summed E-state index contributed by atoms with van der Waals surface area (Å²) >= 11 is 0. The second-order valence-corrected chi connectivity index (χ2v) is 5.17. The van der Waals surface area contributed by atoms with E-state index in [0.717, 1.165) is 25.5 Å². The lowest BCUT2D eigenvalue weighted by atomic mass is 10.2. The van der Waals surface area contributed by atoms with Gasteiger partial charge in [-0.05, 0) is 12.8 Å². The highest BCUT2D eigenvalue weighted by molar-refractivity contribution is 5.39. The molecule has 18 heavy (non-hydrogen) atoms. The number of hydrogen-bond acceptors (Lipinski definition) is 5. The van der Waals surface area contributed by atoms with E-state index in [1.54, 1.807) is 6.20 Å². The van der Waals surface area contributed by atoms with E-state index in [4.69, 9.17) is 4.74 Å². The molecule has 5 heteroatoms. The number of hydrogen-bond donors (Lipinski definition) is 1. The highest BCUT2D eigenvalue weighted by atomic mass is 16.5. The molecule has 2 rings (SSSR count). The van der Waals surface area contributed by atoms with Crippen molar-refractivity contribution >= 4 is 5.82 Å². The SMILES string of the molecule is CC(C)COc1cncc(N2CCNC[C@@H]2C)n1. The molecular formula is C13H22N4O. The summed E-state index contributed by atoms with van der Waals surface area (Å²) < 4.78 is 5.62. The number of piperazine rings is 1. The molecule has 0 amide bonds. The average molecular weight is 250 g/mol. The topological polar surface area (TPSA) is 50.3 Å². The lowest BCUT2D eigenvalue weighted by Gasteiger charge is -2.34. The molecule has 0 bridgehead atoms. The Labute approximate surface area is 109 Å². The van der Waals surface area contributed by atoms with Gasteiger partial charge in [-0.2, -0.15) is 4.98 Å². The summed E-state index contributed by atoms with van der Waals surface area (Å²) in [5.41, 5.74) is 0. The number of ether oxygens (including phenoxy) is 1. The van der Waals surface area contributed by atoms with Gasteiger partial charge in [-0.3, -0.25) is 4.98 Å². The molecule has 1 aromatic heterocycles. The maximum atomic E-state index is 5.62. The van der Waals surface area contributed by atoms with Crippen LogP contribution in [-0.4, -0.2) is 42.3 Å². The first-order valence-electron chi connectivity index (χ1n) is 6.59. The molecule has 1 aliphatic rings. The molecule has 1 saturated heterocycles. The van der Waals surface area contributed by atoms with Crippen LogP contribution >= 0.6 is 0 Å². The van der Waals surface area contributed by atoms with Crippen LogP contribution in [0.5, 0.6) is 5.88 Å². The van der Waals surface area contributed by atoms with E-state index in [1.807, 2.05) is 6.20 Å². The van der Waals surface area contributed by atoms with Crippen LogP contribution in [0, 0.1) is 5.92 Å². The van der Waals surface area contributed by atoms with Crippen LogP contribution in [0.2, 0.25) is 0 Å². The fourth-order valence-corrected chi connectivity index (χ4v) is 1.98. The molecule has 1 N–H and O–H groups in total. The number of anilines is 1. The van der Waals surface area contributed by atoms with Gasteiger partial charge in [-0.15, -0.1) is 0 Å². The fourth-order valence-electron chi connectivity index (χ4n) is 1.98. The van der Waals surface area contributed by atoms with Crippen LogP contribution in [0.3, 0.4) is 0 Å². The molecule has 5 nitrogen and oxygen atoms in total. The van der Waals surface area contributed by atoms with Crippen LogP contribution in [0.4, 0.5) is 5.82 Å². The van der Waals surface area contributed by atoms with E-state index in [9.17, 15) is 0 Å². The summed E-state index contributed by atoms with van der Waals surface area (Å²) in [5.74, 6) is 2.02. The molecular weight excluding hydrogens is 228 g/mol. The quantitative estimate of drug-likeness (QED) is 0.873. The summed E-state index contributed by atoms with van der Waals surface area (Å²) in [6.07, 6.45) is 3.49. The van der Waals surface area contributed by atoms with Crippen molar-refractivity contribution in [3.05, 3.63) is 12.4 Å². The van der Waals surface area contributed by atoms with Crippen molar-refractivity contribution in [1.82, 2.24) is 15.3 Å². The van der Waals surface area contributed by atoms with Gasteiger partial charge in [0.25, 0.3) is 0 Å². The van der Waals surface area contributed by atoms with Crippen LogP contribution in [-0.2, 0) is 0 Å². The standard InChI is InChI=1S/C13H22N4O/c1-10(2)9-18-13-8-15-7-12(16-13)17-5-4-14-6-11(17)3/h7-8,10-11,14H,4-6,9H2,1-3H3/t11-/m0/s1. The molecule has 0 radical (unpaired) electrons. The van der Waals surface area contributed by atoms with Gasteiger partial charge in [0.1, 0.15) is 0 Å². The lowest BCUT2D eigenvalue weighted by molar-refractivity contribution is 0.260. The predicted octanol–water partition coefficient (Wildman–Crippen LogP) is 1.31. The van der Waals surface area contributed by atoms with Crippen molar-refractivity contribution in [2.45, 2.75) is 26.8 Å². The zero-order valence-electron chi connectivity index (χ0n) is 11.4. The highest BCUT2D eigenvalue weighted by Crippen LogP contribution is 2.17. The normalized spacial score (nSPS) is 20.2. The van der Waals surface area contributed by atoms with Crippen LogP contribution < -0.4 is 15.0 Å². The molecule has 0 aliphatic carbocycles. The maximum Gasteiger partial charge on any atom is 0.234 e. The van der Waals surface area contributed by atoms with E-state index in [0.29, 0.717) is 24.4 Å². The number of nitrogens with zero attached hydrogens (tertiary/aromatic N) is 3. The van der Waals surface area contributed by atoms with E-state index >= 15 is 0 Å². The Balaban J connectivity index is 2.06. The van der Waals surface area contributed by atoms with Crippen molar-refractivity contribution in [2.24, 2.45) is 5.92 Å². The fraction of sp³-hybridized carbons (Fsp3) is 0.692. The van der Waals surface area contributed by atoms with Crippen molar-refractivity contribution in [3.8, 4) is 5.88 Å². The maximum absolute atomic E-state index is 5.62. The third-order valence-corrected chi connectivity index (χ3v) is 2.96. The molecule has 1 atom stereocenters. The molecule has 0 saturated carbocycles. The molecule has 1 aliphatic heterocycles. The zero-order chi connectivity index (χ0) is 13.0. The summed E-state index contributed by atoms with van der Waals surface area (Å²) in [6.45, 7) is 10.0. The molecule has 1 fully saturated rings. The zero-order valence-corrected chi connectivity index (χ0v) is 11.4. The van der Waals surface area contributed by atoms with Crippen LogP contribution in [0.1, 0.15) is 20.8 Å². The Morgan fingerprint density at radius 1 is 1.50 bits per heavy atom. The van der Waals surface area contributed by atoms with Crippen molar-refractivity contribution in [2.75, 3.05) is 31.1 Å². The van der Waals surface area contributed by atoms with Crippen molar-refractivity contribution < 1.29 is 4.74 Å². The second-order valence-electron chi connectivity index (χ2n) is 5.17. The predicted molar refractivity (Wildman–Crippen MR) is 72.0 cm³/mol. The van der Waals surface area contributed by atoms with Gasteiger partial charge < -0.3 is 15.0 Å². The van der Waals surface area contributed by atoms with Crippen molar-refractivity contribution in [3.63, 3.8) is 0 Å². The molecule has 1 aromatic rings. The summed E-state index contributed by atoms with van der Waals surface area (Å²) in [7, 11) is 0. The van der Waals surface area contributed by atoms with Gasteiger partial charge in [0.15, 0.2) is 5.82 Å². The van der Waals surface area contributed by atoms with Crippen LogP contribution in [0.25, 0.3) is 0 Å². The Bertz CT molecular complexity index is 383. The van der Waals surface area contributed by atoms with Crippen molar-refractivity contribution in [1.29, 1.82) is 0 Å². The Hall–Kier alpha value is -1.36.